The van der Waals surface area contributed by atoms with Crippen molar-refractivity contribution in [1.82, 2.24) is 4.90 Å². The van der Waals surface area contributed by atoms with Crippen molar-refractivity contribution in [1.29, 1.82) is 0 Å². The van der Waals surface area contributed by atoms with E-state index in [9.17, 15) is 4.79 Å². The van der Waals surface area contributed by atoms with E-state index in [0.717, 1.165) is 12.0 Å². The first-order chi connectivity index (χ1) is 11.1. The molecule has 1 fully saturated rings. The third kappa shape index (κ3) is 3.99. The van der Waals surface area contributed by atoms with Crippen molar-refractivity contribution in [3.63, 3.8) is 0 Å². The first-order valence-electron chi connectivity index (χ1n) is 8.17. The van der Waals surface area contributed by atoms with Crippen LogP contribution in [0, 0.1) is 6.92 Å². The largest absolute Gasteiger partial charge is 0.371 e. The van der Waals surface area contributed by atoms with Crippen molar-refractivity contribution in [3.05, 3.63) is 71.3 Å². The zero-order chi connectivity index (χ0) is 16.2. The highest BCUT2D eigenvalue weighted by Crippen LogP contribution is 2.18. The first-order valence-corrected chi connectivity index (χ1v) is 8.17. The molecule has 2 aromatic rings. The van der Waals surface area contributed by atoms with Gasteiger partial charge in [0.2, 0.25) is 0 Å². The average Bonchev–Trinajstić information content (AvgIpc) is 2.55. The van der Waals surface area contributed by atoms with E-state index in [2.05, 4.69) is 12.1 Å². The molecule has 3 rings (SSSR count). The van der Waals surface area contributed by atoms with Crippen LogP contribution in [0.3, 0.4) is 0 Å². The summed E-state index contributed by atoms with van der Waals surface area (Å²) >= 11 is 0. The number of hydrogen-bond acceptors (Lipinski definition) is 2. The van der Waals surface area contributed by atoms with E-state index >= 15 is 0 Å². The second-order valence-corrected chi connectivity index (χ2v) is 6.33. The number of amides is 1. The number of benzene rings is 2. The lowest BCUT2D eigenvalue weighted by molar-refractivity contribution is -0.0664. The van der Waals surface area contributed by atoms with Crippen LogP contribution >= 0.6 is 0 Å². The van der Waals surface area contributed by atoms with E-state index in [4.69, 9.17) is 4.74 Å². The van der Waals surface area contributed by atoms with E-state index in [-0.39, 0.29) is 18.1 Å². The lowest BCUT2D eigenvalue weighted by atomic mass is 10.0. The Balaban J connectivity index is 1.70. The molecule has 0 spiro atoms. The molecule has 0 saturated carbocycles. The van der Waals surface area contributed by atoms with Crippen molar-refractivity contribution in [2.75, 3.05) is 13.1 Å². The lowest BCUT2D eigenvalue weighted by Gasteiger charge is -2.37. The zero-order valence-electron chi connectivity index (χ0n) is 13.7. The molecule has 1 amide bonds. The Kier molecular flexibility index (Phi) is 4.77. The predicted octanol–water partition coefficient (Wildman–Crippen LogP) is 3.47. The van der Waals surface area contributed by atoms with Gasteiger partial charge < -0.3 is 9.64 Å². The number of rotatable bonds is 3. The third-order valence-corrected chi connectivity index (χ3v) is 4.22. The standard InChI is InChI=1S/C20H23NO2/c1-15-8-10-18(11-9-15)20(22)21-13-16(2)23-19(14-21)12-17-6-4-3-5-7-17/h3-11,16,19H,12-14H2,1-2H3. The molecular weight excluding hydrogens is 286 g/mol. The molecule has 1 aliphatic heterocycles. The van der Waals surface area contributed by atoms with Gasteiger partial charge in [-0.1, -0.05) is 48.0 Å². The molecule has 3 heteroatoms. The van der Waals surface area contributed by atoms with E-state index in [1.165, 1.54) is 11.1 Å². The van der Waals surface area contributed by atoms with Crippen LogP contribution in [-0.4, -0.2) is 36.1 Å². The maximum absolute atomic E-state index is 12.7. The van der Waals surface area contributed by atoms with Crippen LogP contribution < -0.4 is 0 Å². The van der Waals surface area contributed by atoms with Crippen molar-refractivity contribution < 1.29 is 9.53 Å². The van der Waals surface area contributed by atoms with Crippen molar-refractivity contribution in [2.45, 2.75) is 32.5 Å². The molecule has 0 bridgehead atoms. The molecule has 23 heavy (non-hydrogen) atoms. The Bertz CT molecular complexity index is 651. The van der Waals surface area contributed by atoms with Crippen LogP contribution in [0.2, 0.25) is 0 Å². The number of aryl methyl sites for hydroxylation is 1. The summed E-state index contributed by atoms with van der Waals surface area (Å²) < 4.78 is 6.03. The van der Waals surface area contributed by atoms with Crippen molar-refractivity contribution >= 4 is 5.91 Å². The first kappa shape index (κ1) is 15.8. The van der Waals surface area contributed by atoms with Crippen LogP contribution in [0.4, 0.5) is 0 Å². The second-order valence-electron chi connectivity index (χ2n) is 6.33. The maximum Gasteiger partial charge on any atom is 0.254 e. The van der Waals surface area contributed by atoms with Crippen molar-refractivity contribution in [2.24, 2.45) is 0 Å². The van der Waals surface area contributed by atoms with Gasteiger partial charge in [-0.15, -0.1) is 0 Å². The van der Waals surface area contributed by atoms with Crippen LogP contribution in [0.15, 0.2) is 54.6 Å². The summed E-state index contributed by atoms with van der Waals surface area (Å²) in [6.07, 6.45) is 0.950. The summed E-state index contributed by atoms with van der Waals surface area (Å²) in [7, 11) is 0. The molecule has 2 unspecified atom stereocenters. The number of nitrogens with zero attached hydrogens (tertiary/aromatic N) is 1. The third-order valence-electron chi connectivity index (χ3n) is 4.22. The Labute approximate surface area is 137 Å². The van der Waals surface area contributed by atoms with E-state index in [0.29, 0.717) is 13.1 Å². The highest BCUT2D eigenvalue weighted by Gasteiger charge is 2.29. The van der Waals surface area contributed by atoms with Crippen LogP contribution in [0.5, 0.6) is 0 Å². The number of hydrogen-bond donors (Lipinski definition) is 0. The fourth-order valence-corrected chi connectivity index (χ4v) is 3.08. The average molecular weight is 309 g/mol. The maximum atomic E-state index is 12.7. The van der Waals surface area contributed by atoms with Gasteiger partial charge in [0.1, 0.15) is 0 Å². The molecule has 1 heterocycles. The van der Waals surface area contributed by atoms with Crippen molar-refractivity contribution in [3.8, 4) is 0 Å². The van der Waals surface area contributed by atoms with Gasteiger partial charge in [-0.3, -0.25) is 4.79 Å². The van der Waals surface area contributed by atoms with Crippen LogP contribution in [0.1, 0.15) is 28.4 Å². The van der Waals surface area contributed by atoms with Gasteiger partial charge in [0.15, 0.2) is 0 Å². The van der Waals surface area contributed by atoms with E-state index in [1.807, 2.05) is 61.2 Å². The molecule has 0 radical (unpaired) electrons. The van der Waals surface area contributed by atoms with Gasteiger partial charge >= 0.3 is 0 Å². The minimum atomic E-state index is 0.0514. The minimum Gasteiger partial charge on any atom is -0.371 e. The number of carbonyl (C=O) groups is 1. The number of morpholine rings is 1. The molecule has 1 aliphatic rings. The van der Waals surface area contributed by atoms with Gasteiger partial charge in [0, 0.05) is 25.1 Å². The summed E-state index contributed by atoms with van der Waals surface area (Å²) in [4.78, 5) is 14.6. The summed E-state index contributed by atoms with van der Waals surface area (Å²) in [5, 5.41) is 0. The van der Waals surface area contributed by atoms with Crippen LogP contribution in [0.25, 0.3) is 0 Å². The molecular formula is C20H23NO2. The number of carbonyl (C=O) groups excluding carboxylic acids is 1. The van der Waals surface area contributed by atoms with Gasteiger partial charge in [-0.2, -0.15) is 0 Å². The zero-order valence-corrected chi connectivity index (χ0v) is 13.7. The molecule has 1 saturated heterocycles. The van der Waals surface area contributed by atoms with Gasteiger partial charge in [0.25, 0.3) is 5.91 Å². The molecule has 2 aromatic carbocycles. The fourth-order valence-electron chi connectivity index (χ4n) is 3.08. The van der Waals surface area contributed by atoms with Gasteiger partial charge in [-0.05, 0) is 31.5 Å². The quantitative estimate of drug-likeness (QED) is 0.869. The topological polar surface area (TPSA) is 29.5 Å². The fraction of sp³-hybridized carbons (Fsp3) is 0.350. The highest BCUT2D eigenvalue weighted by molar-refractivity contribution is 5.94. The Morgan fingerprint density at radius 1 is 1.09 bits per heavy atom. The molecule has 120 valence electrons. The molecule has 0 aliphatic carbocycles. The molecule has 2 atom stereocenters. The van der Waals surface area contributed by atoms with E-state index in [1.54, 1.807) is 0 Å². The Hall–Kier alpha value is -2.13. The van der Waals surface area contributed by atoms with E-state index < -0.39 is 0 Å². The highest BCUT2D eigenvalue weighted by atomic mass is 16.5. The van der Waals surface area contributed by atoms with Crippen LogP contribution in [-0.2, 0) is 11.2 Å². The molecule has 3 nitrogen and oxygen atoms in total. The summed E-state index contributed by atoms with van der Waals surface area (Å²) in [5.41, 5.74) is 3.16. The SMILES string of the molecule is Cc1ccc(C(=O)N2CC(C)OC(Cc3ccccc3)C2)cc1. The smallest absolute Gasteiger partial charge is 0.254 e. The number of ether oxygens (including phenoxy) is 1. The molecule has 0 aromatic heterocycles. The minimum absolute atomic E-state index is 0.0514. The Morgan fingerprint density at radius 3 is 2.48 bits per heavy atom. The monoisotopic (exact) mass is 309 g/mol. The second kappa shape index (κ2) is 6.97. The molecule has 0 N–H and O–H groups in total. The Morgan fingerprint density at radius 2 is 1.78 bits per heavy atom. The van der Waals surface area contributed by atoms with Gasteiger partial charge in [-0.25, -0.2) is 0 Å². The van der Waals surface area contributed by atoms with Gasteiger partial charge in [0.05, 0.1) is 12.2 Å². The summed E-state index contributed by atoms with van der Waals surface area (Å²) in [6, 6.07) is 18.1. The summed E-state index contributed by atoms with van der Waals surface area (Å²) in [6.45, 7) is 5.36. The summed E-state index contributed by atoms with van der Waals surface area (Å²) in [5.74, 6) is 0.0956. The normalized spacial score (nSPS) is 21.2. The lowest BCUT2D eigenvalue weighted by Crippen LogP contribution is -2.49. The predicted molar refractivity (Wildman–Crippen MR) is 91.6 cm³/mol.